The van der Waals surface area contributed by atoms with Gasteiger partial charge in [0, 0.05) is 0 Å². The van der Waals surface area contributed by atoms with Crippen molar-refractivity contribution in [2.24, 2.45) is 16.7 Å². The molecule has 0 heteroatoms. The van der Waals surface area contributed by atoms with Gasteiger partial charge in [0.05, 0.1) is 0 Å². The summed E-state index contributed by atoms with van der Waals surface area (Å²) in [5, 5.41) is 0. The second-order valence-corrected chi connectivity index (χ2v) is 8.02. The van der Waals surface area contributed by atoms with E-state index in [0.29, 0.717) is 10.8 Å². The Morgan fingerprint density at radius 2 is 1.38 bits per heavy atom. The van der Waals surface area contributed by atoms with Gasteiger partial charge in [0.15, 0.2) is 0 Å². The van der Waals surface area contributed by atoms with Gasteiger partial charge in [-0.15, -0.1) is 6.58 Å². The molecule has 0 amide bonds. The van der Waals surface area contributed by atoms with Crippen molar-refractivity contribution >= 4 is 0 Å². The van der Waals surface area contributed by atoms with E-state index in [1.54, 1.807) is 0 Å². The minimum absolute atomic E-state index is 0.646. The van der Waals surface area contributed by atoms with Gasteiger partial charge in [0.1, 0.15) is 0 Å². The second kappa shape index (κ2) is 10.5. The Labute approximate surface area is 135 Å². The average molecular weight is 295 g/mol. The van der Waals surface area contributed by atoms with Gasteiger partial charge in [-0.05, 0) is 36.0 Å². The molecule has 0 atom stereocenters. The third kappa shape index (κ3) is 8.69. The predicted molar refractivity (Wildman–Crippen MR) is 98.8 cm³/mol. The Hall–Kier alpha value is -0.260. The highest BCUT2D eigenvalue weighted by atomic mass is 14.6. The standard InChI is InChI=1S/C12H22.C7H14.C2H6/c1-2-3-4-6-9-12-10-7-5-8-11-12;1-6(2)5-7(6,3)4;1-2/h2,12H,1,3-11H2;5H2,1-4H3;1-2H3. The van der Waals surface area contributed by atoms with Crippen LogP contribution in [0.15, 0.2) is 12.7 Å². The van der Waals surface area contributed by atoms with Crippen molar-refractivity contribution in [1.29, 1.82) is 0 Å². The van der Waals surface area contributed by atoms with Crippen LogP contribution in [0.3, 0.4) is 0 Å². The zero-order valence-corrected chi connectivity index (χ0v) is 15.9. The quantitative estimate of drug-likeness (QED) is 0.358. The average Bonchev–Trinajstić information content (AvgIpc) is 2.94. The van der Waals surface area contributed by atoms with Gasteiger partial charge in [0.25, 0.3) is 0 Å². The summed E-state index contributed by atoms with van der Waals surface area (Å²) in [6, 6.07) is 0. The highest BCUT2D eigenvalue weighted by Crippen LogP contribution is 2.62. The molecule has 0 bridgehead atoms. The van der Waals surface area contributed by atoms with E-state index in [-0.39, 0.29) is 0 Å². The van der Waals surface area contributed by atoms with Crippen molar-refractivity contribution in [1.82, 2.24) is 0 Å². The van der Waals surface area contributed by atoms with Crippen LogP contribution >= 0.6 is 0 Å². The van der Waals surface area contributed by atoms with Crippen LogP contribution in [0.1, 0.15) is 106 Å². The highest BCUT2D eigenvalue weighted by molar-refractivity contribution is 5.02. The predicted octanol–water partition coefficient (Wildman–Crippen LogP) is 7.78. The SMILES string of the molecule is C=CCCCCC1CCCCC1.CC.CC1(C)CC1(C)C. The summed E-state index contributed by atoms with van der Waals surface area (Å²) < 4.78 is 0. The first kappa shape index (κ1) is 20.7. The normalized spacial score (nSPS) is 22.2. The minimum atomic E-state index is 0.646. The summed E-state index contributed by atoms with van der Waals surface area (Å²) in [6.07, 6.45) is 16.4. The van der Waals surface area contributed by atoms with Crippen LogP contribution in [0.2, 0.25) is 0 Å². The molecule has 0 aromatic heterocycles. The summed E-state index contributed by atoms with van der Waals surface area (Å²) in [7, 11) is 0. The van der Waals surface area contributed by atoms with Crippen LogP contribution in [0.4, 0.5) is 0 Å². The fraction of sp³-hybridized carbons (Fsp3) is 0.905. The molecule has 0 unspecified atom stereocenters. The molecule has 0 nitrogen and oxygen atoms in total. The van der Waals surface area contributed by atoms with E-state index in [1.165, 1.54) is 64.2 Å². The van der Waals surface area contributed by atoms with Crippen LogP contribution in [0, 0.1) is 16.7 Å². The lowest BCUT2D eigenvalue weighted by Gasteiger charge is -2.20. The molecular weight excluding hydrogens is 252 g/mol. The van der Waals surface area contributed by atoms with Crippen molar-refractivity contribution in [3.63, 3.8) is 0 Å². The lowest BCUT2D eigenvalue weighted by Crippen LogP contribution is -2.05. The molecule has 2 aliphatic carbocycles. The van der Waals surface area contributed by atoms with E-state index in [2.05, 4.69) is 34.3 Å². The second-order valence-electron chi connectivity index (χ2n) is 8.02. The fourth-order valence-electron chi connectivity index (χ4n) is 3.26. The van der Waals surface area contributed by atoms with E-state index < -0.39 is 0 Å². The Bertz CT molecular complexity index is 241. The molecule has 2 aliphatic rings. The molecule has 0 spiro atoms. The Balaban J connectivity index is 0.000000377. The maximum absolute atomic E-state index is 3.75. The molecular formula is C21H42. The van der Waals surface area contributed by atoms with Crippen molar-refractivity contribution in [2.75, 3.05) is 0 Å². The Kier molecular flexibility index (Phi) is 10.3. The van der Waals surface area contributed by atoms with Gasteiger partial charge in [-0.2, -0.15) is 0 Å². The number of hydrogen-bond acceptors (Lipinski definition) is 0. The van der Waals surface area contributed by atoms with E-state index in [0.717, 1.165) is 5.92 Å². The van der Waals surface area contributed by atoms with Crippen molar-refractivity contribution in [2.45, 2.75) is 106 Å². The molecule has 126 valence electrons. The maximum atomic E-state index is 3.75. The third-order valence-electron chi connectivity index (χ3n) is 5.59. The molecule has 2 rings (SSSR count). The molecule has 0 aromatic carbocycles. The number of rotatable bonds is 5. The highest BCUT2D eigenvalue weighted by Gasteiger charge is 2.53. The van der Waals surface area contributed by atoms with Crippen molar-refractivity contribution in [3.05, 3.63) is 12.7 Å². The third-order valence-corrected chi connectivity index (χ3v) is 5.59. The minimum Gasteiger partial charge on any atom is -0.103 e. The summed E-state index contributed by atoms with van der Waals surface area (Å²) in [6.45, 7) is 17.1. The van der Waals surface area contributed by atoms with Crippen LogP contribution in [-0.4, -0.2) is 0 Å². The van der Waals surface area contributed by atoms with E-state index in [4.69, 9.17) is 0 Å². The zero-order chi connectivity index (χ0) is 16.4. The number of unbranched alkanes of at least 4 members (excludes halogenated alkanes) is 2. The monoisotopic (exact) mass is 294 g/mol. The topological polar surface area (TPSA) is 0 Å². The van der Waals surface area contributed by atoms with Crippen molar-refractivity contribution in [3.8, 4) is 0 Å². The van der Waals surface area contributed by atoms with Gasteiger partial charge in [0.2, 0.25) is 0 Å². The van der Waals surface area contributed by atoms with Gasteiger partial charge < -0.3 is 0 Å². The molecule has 0 N–H and O–H groups in total. The number of allylic oxidation sites excluding steroid dienone is 1. The Morgan fingerprint density at radius 3 is 1.76 bits per heavy atom. The first-order valence-electron chi connectivity index (χ1n) is 9.50. The molecule has 2 saturated carbocycles. The maximum Gasteiger partial charge on any atom is -0.0297 e. The molecule has 0 aromatic rings. The fourth-order valence-corrected chi connectivity index (χ4v) is 3.26. The molecule has 0 saturated heterocycles. The van der Waals surface area contributed by atoms with Gasteiger partial charge in [-0.3, -0.25) is 0 Å². The molecule has 21 heavy (non-hydrogen) atoms. The zero-order valence-electron chi connectivity index (χ0n) is 15.9. The largest absolute Gasteiger partial charge is 0.103 e. The van der Waals surface area contributed by atoms with Gasteiger partial charge in [-0.1, -0.05) is 92.6 Å². The van der Waals surface area contributed by atoms with Crippen LogP contribution < -0.4 is 0 Å². The van der Waals surface area contributed by atoms with E-state index >= 15 is 0 Å². The summed E-state index contributed by atoms with van der Waals surface area (Å²) in [4.78, 5) is 0. The first-order chi connectivity index (χ1) is 9.89. The lowest BCUT2D eigenvalue weighted by atomic mass is 9.86. The summed E-state index contributed by atoms with van der Waals surface area (Å²) in [5.41, 5.74) is 1.29. The van der Waals surface area contributed by atoms with E-state index in [1.807, 2.05) is 19.9 Å². The van der Waals surface area contributed by atoms with Gasteiger partial charge >= 0.3 is 0 Å². The first-order valence-corrected chi connectivity index (χ1v) is 9.50. The number of hydrogen-bond donors (Lipinski definition) is 0. The molecule has 0 heterocycles. The van der Waals surface area contributed by atoms with E-state index in [9.17, 15) is 0 Å². The molecule has 0 aliphatic heterocycles. The van der Waals surface area contributed by atoms with Crippen molar-refractivity contribution < 1.29 is 0 Å². The van der Waals surface area contributed by atoms with Crippen LogP contribution in [-0.2, 0) is 0 Å². The van der Waals surface area contributed by atoms with Crippen LogP contribution in [0.25, 0.3) is 0 Å². The van der Waals surface area contributed by atoms with Crippen LogP contribution in [0.5, 0.6) is 0 Å². The molecule has 0 radical (unpaired) electrons. The summed E-state index contributed by atoms with van der Waals surface area (Å²) >= 11 is 0. The summed E-state index contributed by atoms with van der Waals surface area (Å²) in [5.74, 6) is 1.07. The molecule has 2 fully saturated rings. The smallest absolute Gasteiger partial charge is 0.0297 e. The van der Waals surface area contributed by atoms with Gasteiger partial charge in [-0.25, -0.2) is 0 Å². The Morgan fingerprint density at radius 1 is 0.905 bits per heavy atom. The lowest BCUT2D eigenvalue weighted by molar-refractivity contribution is 0.330.